The van der Waals surface area contributed by atoms with Gasteiger partial charge in [-0.05, 0) is 62.2 Å². The molecule has 2 heterocycles. The Labute approximate surface area is 199 Å². The lowest BCUT2D eigenvalue weighted by molar-refractivity contribution is -0.142. The third-order valence-corrected chi connectivity index (χ3v) is 7.27. The van der Waals surface area contributed by atoms with Gasteiger partial charge in [-0.15, -0.1) is 0 Å². The van der Waals surface area contributed by atoms with E-state index in [1.165, 1.54) is 12.1 Å². The predicted octanol–water partition coefficient (Wildman–Crippen LogP) is 2.35. The van der Waals surface area contributed by atoms with Crippen LogP contribution in [0.5, 0.6) is 5.75 Å². The van der Waals surface area contributed by atoms with Crippen LogP contribution in [0.2, 0.25) is 0 Å². The highest BCUT2D eigenvalue weighted by atomic mass is 32.2. The largest absolute Gasteiger partial charge is 0.494 e. The molecule has 2 aromatic rings. The van der Waals surface area contributed by atoms with Gasteiger partial charge in [-0.2, -0.15) is 0 Å². The van der Waals surface area contributed by atoms with Crippen LogP contribution < -0.4 is 9.46 Å². The fourth-order valence-electron chi connectivity index (χ4n) is 4.08. The molecule has 0 saturated carbocycles. The number of carbonyl (C=O) groups excluding carboxylic acids is 2. The predicted molar refractivity (Wildman–Crippen MR) is 126 cm³/mol. The Hall–Kier alpha value is -3.11. The molecule has 182 valence electrons. The molecule has 0 radical (unpaired) electrons. The highest BCUT2D eigenvalue weighted by Crippen LogP contribution is 2.21. The first kappa shape index (κ1) is 24.0. The number of amides is 2. The quantitative estimate of drug-likeness (QED) is 0.643. The summed E-state index contributed by atoms with van der Waals surface area (Å²) in [5.74, 6) is 0.371. The molecule has 2 saturated heterocycles. The summed E-state index contributed by atoms with van der Waals surface area (Å²) >= 11 is 0. The third-order valence-electron chi connectivity index (χ3n) is 5.89. The van der Waals surface area contributed by atoms with E-state index in [2.05, 4.69) is 4.72 Å². The van der Waals surface area contributed by atoms with Crippen LogP contribution in [-0.2, 0) is 19.6 Å². The standard InChI is InChI=1S/C24H29N3O6S/c1-2-32-20-10-8-19(9-11-20)25-34(30,31)21-6-3-5-18(17-21)23(28)26-12-14-27(15-13-26)24(29)22-7-4-16-33-22/h3,5-6,8-11,17,22,25H,2,4,7,12-16H2,1H3. The molecular weight excluding hydrogens is 458 g/mol. The fraction of sp³-hybridized carbons (Fsp3) is 0.417. The van der Waals surface area contributed by atoms with Gasteiger partial charge in [0.15, 0.2) is 0 Å². The first-order valence-corrected chi connectivity index (χ1v) is 12.9. The van der Waals surface area contributed by atoms with Gasteiger partial charge < -0.3 is 19.3 Å². The molecule has 1 unspecified atom stereocenters. The molecule has 2 amide bonds. The maximum absolute atomic E-state index is 13.0. The van der Waals surface area contributed by atoms with Crippen molar-refractivity contribution in [2.45, 2.75) is 30.8 Å². The van der Waals surface area contributed by atoms with E-state index in [1.54, 1.807) is 46.2 Å². The van der Waals surface area contributed by atoms with Gasteiger partial charge in [0.05, 0.1) is 11.5 Å². The van der Waals surface area contributed by atoms with Crippen molar-refractivity contribution in [3.63, 3.8) is 0 Å². The molecule has 9 nitrogen and oxygen atoms in total. The van der Waals surface area contributed by atoms with Gasteiger partial charge in [0.25, 0.3) is 21.8 Å². The van der Waals surface area contributed by atoms with E-state index < -0.39 is 10.0 Å². The highest BCUT2D eigenvalue weighted by molar-refractivity contribution is 7.92. The van der Waals surface area contributed by atoms with Crippen molar-refractivity contribution in [3.8, 4) is 5.75 Å². The number of rotatable bonds is 7. The fourth-order valence-corrected chi connectivity index (χ4v) is 5.19. The zero-order valence-electron chi connectivity index (χ0n) is 19.1. The number of ether oxygens (including phenoxy) is 2. The van der Waals surface area contributed by atoms with Gasteiger partial charge >= 0.3 is 0 Å². The molecule has 1 atom stereocenters. The first-order valence-electron chi connectivity index (χ1n) is 11.4. The Balaban J connectivity index is 1.39. The Kier molecular flexibility index (Phi) is 7.38. The number of benzene rings is 2. The normalized spacial score (nSPS) is 18.6. The number of nitrogens with zero attached hydrogens (tertiary/aromatic N) is 2. The molecule has 0 spiro atoms. The number of nitrogens with one attached hydrogen (secondary N) is 1. The van der Waals surface area contributed by atoms with Crippen molar-refractivity contribution < 1.29 is 27.5 Å². The minimum absolute atomic E-state index is 0.000527. The molecule has 2 aliphatic heterocycles. The Bertz CT molecular complexity index is 1120. The zero-order valence-corrected chi connectivity index (χ0v) is 19.9. The van der Waals surface area contributed by atoms with Crippen molar-refractivity contribution in [1.29, 1.82) is 0 Å². The maximum Gasteiger partial charge on any atom is 0.261 e. The second-order valence-corrected chi connectivity index (χ2v) is 9.89. The third kappa shape index (κ3) is 5.51. The van der Waals surface area contributed by atoms with Crippen LogP contribution >= 0.6 is 0 Å². The molecule has 0 aliphatic carbocycles. The molecule has 2 aromatic carbocycles. The van der Waals surface area contributed by atoms with Crippen LogP contribution in [0.1, 0.15) is 30.1 Å². The molecule has 0 bridgehead atoms. The molecule has 10 heteroatoms. The monoisotopic (exact) mass is 487 g/mol. The number of sulfonamides is 1. The summed E-state index contributed by atoms with van der Waals surface area (Å²) in [5.41, 5.74) is 0.681. The molecule has 2 aliphatic rings. The molecule has 1 N–H and O–H groups in total. The van der Waals surface area contributed by atoms with Crippen molar-refractivity contribution in [2.75, 3.05) is 44.1 Å². The van der Waals surface area contributed by atoms with Gasteiger partial charge in [-0.25, -0.2) is 8.42 Å². The smallest absolute Gasteiger partial charge is 0.261 e. The number of anilines is 1. The average Bonchev–Trinajstić information content (AvgIpc) is 3.40. The lowest BCUT2D eigenvalue weighted by Crippen LogP contribution is -2.52. The summed E-state index contributed by atoms with van der Waals surface area (Å²) in [6.07, 6.45) is 1.26. The van der Waals surface area contributed by atoms with Crippen LogP contribution in [0.4, 0.5) is 5.69 Å². The van der Waals surface area contributed by atoms with Crippen LogP contribution in [0, 0.1) is 0 Å². The van der Waals surface area contributed by atoms with Crippen molar-refractivity contribution in [3.05, 3.63) is 54.1 Å². The van der Waals surface area contributed by atoms with Crippen molar-refractivity contribution in [1.82, 2.24) is 9.80 Å². The summed E-state index contributed by atoms with van der Waals surface area (Å²) < 4.78 is 39.1. The van der Waals surface area contributed by atoms with E-state index in [4.69, 9.17) is 9.47 Å². The lowest BCUT2D eigenvalue weighted by atomic mass is 10.1. The topological polar surface area (TPSA) is 105 Å². The van der Waals surface area contributed by atoms with Crippen LogP contribution in [-0.4, -0.2) is 75.5 Å². The minimum atomic E-state index is -3.88. The summed E-state index contributed by atoms with van der Waals surface area (Å²) in [7, 11) is -3.88. The van der Waals surface area contributed by atoms with Gasteiger partial charge in [0.2, 0.25) is 0 Å². The number of hydrogen-bond acceptors (Lipinski definition) is 6. The minimum Gasteiger partial charge on any atom is -0.494 e. The van der Waals surface area contributed by atoms with Gasteiger partial charge in [0.1, 0.15) is 11.9 Å². The summed E-state index contributed by atoms with van der Waals surface area (Å²) in [4.78, 5) is 28.9. The first-order chi connectivity index (χ1) is 16.4. The SMILES string of the molecule is CCOc1ccc(NS(=O)(=O)c2cccc(C(=O)N3CCN(C(=O)C4CCCO4)CC3)c2)cc1. The number of carbonyl (C=O) groups is 2. The number of hydrogen-bond donors (Lipinski definition) is 1. The van der Waals surface area contributed by atoms with Gasteiger partial charge in [0, 0.05) is 44.0 Å². The molecule has 34 heavy (non-hydrogen) atoms. The molecule has 0 aromatic heterocycles. The van der Waals surface area contributed by atoms with Gasteiger partial charge in [-0.3, -0.25) is 14.3 Å². The summed E-state index contributed by atoms with van der Waals surface area (Å²) in [5, 5.41) is 0. The van der Waals surface area contributed by atoms with Crippen LogP contribution in [0.3, 0.4) is 0 Å². The van der Waals surface area contributed by atoms with Crippen molar-refractivity contribution >= 4 is 27.5 Å². The molecular formula is C24H29N3O6S. The molecule has 2 fully saturated rings. The summed E-state index contributed by atoms with van der Waals surface area (Å²) in [6, 6.07) is 12.6. The van der Waals surface area contributed by atoms with E-state index in [0.717, 1.165) is 12.8 Å². The average molecular weight is 488 g/mol. The van der Waals surface area contributed by atoms with E-state index in [1.807, 2.05) is 6.92 Å². The zero-order chi connectivity index (χ0) is 24.1. The summed E-state index contributed by atoms with van der Waals surface area (Å²) in [6.45, 7) is 4.64. The Morgan fingerprint density at radius 1 is 1.06 bits per heavy atom. The maximum atomic E-state index is 13.0. The lowest BCUT2D eigenvalue weighted by Gasteiger charge is -2.35. The van der Waals surface area contributed by atoms with Gasteiger partial charge in [-0.1, -0.05) is 6.07 Å². The van der Waals surface area contributed by atoms with E-state index in [9.17, 15) is 18.0 Å². The van der Waals surface area contributed by atoms with E-state index in [0.29, 0.717) is 50.8 Å². The number of piperazine rings is 1. The van der Waals surface area contributed by atoms with Crippen LogP contribution in [0.25, 0.3) is 0 Å². The second kappa shape index (κ2) is 10.4. The van der Waals surface area contributed by atoms with E-state index >= 15 is 0 Å². The van der Waals surface area contributed by atoms with Crippen molar-refractivity contribution in [2.24, 2.45) is 0 Å². The Morgan fingerprint density at radius 3 is 2.41 bits per heavy atom. The Morgan fingerprint density at radius 2 is 1.76 bits per heavy atom. The van der Waals surface area contributed by atoms with E-state index in [-0.39, 0.29) is 28.4 Å². The molecule has 4 rings (SSSR count). The highest BCUT2D eigenvalue weighted by Gasteiger charge is 2.31. The van der Waals surface area contributed by atoms with Crippen LogP contribution in [0.15, 0.2) is 53.4 Å². The second-order valence-electron chi connectivity index (χ2n) is 8.21.